The quantitative estimate of drug-likeness (QED) is 0.666. The van der Waals surface area contributed by atoms with Crippen LogP contribution in [0, 0.1) is 6.92 Å². The molecule has 0 unspecified atom stereocenters. The summed E-state index contributed by atoms with van der Waals surface area (Å²) in [5, 5.41) is 2.82. The molecule has 2 aromatic carbocycles. The third-order valence-electron chi connectivity index (χ3n) is 4.07. The maximum absolute atomic E-state index is 12.8. The first kappa shape index (κ1) is 22.7. The average Bonchev–Trinajstić information content (AvgIpc) is 2.62. The summed E-state index contributed by atoms with van der Waals surface area (Å²) in [6.07, 6.45) is 1.04. The van der Waals surface area contributed by atoms with Gasteiger partial charge >= 0.3 is 5.97 Å². The van der Waals surface area contributed by atoms with Crippen molar-refractivity contribution in [1.29, 1.82) is 0 Å². The molecule has 7 nitrogen and oxygen atoms in total. The summed E-state index contributed by atoms with van der Waals surface area (Å²) in [5.74, 6) is -1.17. The molecular formula is C20H23ClN2O5S. The first-order valence-corrected chi connectivity index (χ1v) is 11.1. The van der Waals surface area contributed by atoms with E-state index in [1.807, 2.05) is 13.0 Å². The molecule has 156 valence electrons. The number of hydrogen-bond donors (Lipinski definition) is 1. The minimum absolute atomic E-state index is 0.109. The van der Waals surface area contributed by atoms with Crippen LogP contribution >= 0.6 is 11.6 Å². The highest BCUT2D eigenvalue weighted by molar-refractivity contribution is 7.92. The SMILES string of the molecule is CCOC(=O)c1cc(NC(=O)[C@H](C)N(c2cccc(C)c2)S(C)(=O)=O)ccc1Cl. The highest BCUT2D eigenvalue weighted by Crippen LogP contribution is 2.24. The van der Waals surface area contributed by atoms with E-state index in [0.717, 1.165) is 16.1 Å². The fourth-order valence-corrected chi connectivity index (χ4v) is 4.15. The summed E-state index contributed by atoms with van der Waals surface area (Å²) >= 11 is 6.03. The third kappa shape index (κ3) is 5.71. The Morgan fingerprint density at radius 3 is 2.48 bits per heavy atom. The first-order chi connectivity index (χ1) is 13.5. The normalized spacial score (nSPS) is 12.2. The van der Waals surface area contributed by atoms with E-state index in [9.17, 15) is 18.0 Å². The molecule has 0 aliphatic heterocycles. The van der Waals surface area contributed by atoms with Crippen LogP contribution in [0.1, 0.15) is 29.8 Å². The molecule has 0 heterocycles. The van der Waals surface area contributed by atoms with E-state index in [4.69, 9.17) is 16.3 Å². The van der Waals surface area contributed by atoms with Crippen LogP contribution < -0.4 is 9.62 Å². The van der Waals surface area contributed by atoms with E-state index >= 15 is 0 Å². The zero-order valence-electron chi connectivity index (χ0n) is 16.6. The molecule has 0 aromatic heterocycles. The summed E-state index contributed by atoms with van der Waals surface area (Å²) < 4.78 is 30.7. The van der Waals surface area contributed by atoms with Gasteiger partial charge in [-0.15, -0.1) is 0 Å². The average molecular weight is 439 g/mol. The molecule has 2 aromatic rings. The summed E-state index contributed by atoms with van der Waals surface area (Å²) in [4.78, 5) is 24.8. The summed E-state index contributed by atoms with van der Waals surface area (Å²) in [6.45, 7) is 5.17. The number of amides is 1. The number of hydrogen-bond acceptors (Lipinski definition) is 5. The number of carbonyl (C=O) groups is 2. The maximum Gasteiger partial charge on any atom is 0.339 e. The monoisotopic (exact) mass is 438 g/mol. The second kappa shape index (κ2) is 9.28. The lowest BCUT2D eigenvalue weighted by Crippen LogP contribution is -2.45. The number of ether oxygens (including phenoxy) is 1. The number of carbonyl (C=O) groups excluding carboxylic acids is 2. The molecule has 1 amide bonds. The second-order valence-electron chi connectivity index (χ2n) is 6.48. The van der Waals surface area contributed by atoms with E-state index in [-0.39, 0.29) is 17.2 Å². The first-order valence-electron chi connectivity index (χ1n) is 8.88. The minimum Gasteiger partial charge on any atom is -0.462 e. The van der Waals surface area contributed by atoms with Gasteiger partial charge in [0.1, 0.15) is 6.04 Å². The van der Waals surface area contributed by atoms with Gasteiger partial charge in [0.25, 0.3) is 0 Å². The van der Waals surface area contributed by atoms with Crippen LogP contribution in [0.15, 0.2) is 42.5 Å². The number of esters is 1. The fraction of sp³-hybridized carbons (Fsp3) is 0.300. The van der Waals surface area contributed by atoms with Gasteiger partial charge in [0.15, 0.2) is 0 Å². The maximum atomic E-state index is 12.8. The van der Waals surface area contributed by atoms with Crippen LogP contribution in [0.2, 0.25) is 5.02 Å². The number of aryl methyl sites for hydroxylation is 1. The molecule has 0 saturated heterocycles. The molecule has 0 aliphatic rings. The van der Waals surface area contributed by atoms with Gasteiger partial charge in [-0.25, -0.2) is 13.2 Å². The lowest BCUT2D eigenvalue weighted by Gasteiger charge is -2.28. The Morgan fingerprint density at radius 2 is 1.90 bits per heavy atom. The largest absolute Gasteiger partial charge is 0.462 e. The van der Waals surface area contributed by atoms with Gasteiger partial charge in [-0.3, -0.25) is 9.10 Å². The van der Waals surface area contributed by atoms with Gasteiger partial charge in [-0.05, 0) is 56.7 Å². The van der Waals surface area contributed by atoms with Crippen molar-refractivity contribution in [2.75, 3.05) is 22.5 Å². The molecule has 0 radical (unpaired) electrons. The van der Waals surface area contributed by atoms with Crippen molar-refractivity contribution in [2.45, 2.75) is 26.8 Å². The molecule has 0 saturated carbocycles. The molecule has 9 heteroatoms. The van der Waals surface area contributed by atoms with Crippen molar-refractivity contribution in [3.05, 3.63) is 58.6 Å². The molecule has 29 heavy (non-hydrogen) atoms. The zero-order valence-corrected chi connectivity index (χ0v) is 18.2. The highest BCUT2D eigenvalue weighted by Gasteiger charge is 2.29. The molecule has 2 rings (SSSR count). The van der Waals surface area contributed by atoms with Crippen molar-refractivity contribution in [3.8, 4) is 0 Å². The number of nitrogens with zero attached hydrogens (tertiary/aromatic N) is 1. The number of anilines is 2. The number of benzene rings is 2. The molecule has 1 N–H and O–H groups in total. The van der Waals surface area contributed by atoms with Crippen molar-refractivity contribution < 1.29 is 22.7 Å². The molecular weight excluding hydrogens is 416 g/mol. The third-order valence-corrected chi connectivity index (χ3v) is 5.65. The Hall–Kier alpha value is -2.58. The van der Waals surface area contributed by atoms with Crippen molar-refractivity contribution in [2.24, 2.45) is 0 Å². The van der Waals surface area contributed by atoms with Gasteiger partial charge in [0.05, 0.1) is 29.1 Å². The Kier molecular flexibility index (Phi) is 7.26. The summed E-state index contributed by atoms with van der Waals surface area (Å²) in [5.41, 5.74) is 1.66. The molecule has 0 aliphatic carbocycles. The van der Waals surface area contributed by atoms with Gasteiger partial charge in [0, 0.05) is 5.69 Å². The van der Waals surface area contributed by atoms with Crippen LogP contribution in [0.25, 0.3) is 0 Å². The van der Waals surface area contributed by atoms with Crippen LogP contribution in [-0.2, 0) is 19.6 Å². The molecule has 0 fully saturated rings. The highest BCUT2D eigenvalue weighted by atomic mass is 35.5. The number of sulfonamides is 1. The van der Waals surface area contributed by atoms with Crippen LogP contribution in [-0.4, -0.2) is 39.2 Å². The lowest BCUT2D eigenvalue weighted by atomic mass is 10.2. The number of rotatable bonds is 7. The Bertz CT molecular complexity index is 1020. The molecule has 0 spiro atoms. The smallest absolute Gasteiger partial charge is 0.339 e. The number of halogens is 1. The van der Waals surface area contributed by atoms with E-state index < -0.39 is 27.9 Å². The Labute approximate surface area is 175 Å². The van der Waals surface area contributed by atoms with Gasteiger partial charge < -0.3 is 10.1 Å². The Morgan fingerprint density at radius 1 is 1.21 bits per heavy atom. The standard InChI is InChI=1S/C20H23ClN2O5S/c1-5-28-20(25)17-12-15(9-10-18(17)21)22-19(24)14(3)23(29(4,26)27)16-8-6-7-13(2)11-16/h6-12,14H,5H2,1-4H3,(H,22,24)/t14-/m0/s1. The van der Waals surface area contributed by atoms with Gasteiger partial charge in [-0.2, -0.15) is 0 Å². The van der Waals surface area contributed by atoms with Crippen LogP contribution in [0.4, 0.5) is 11.4 Å². The summed E-state index contributed by atoms with van der Waals surface area (Å²) in [6, 6.07) is 10.2. The van der Waals surface area contributed by atoms with Gasteiger partial charge in [0.2, 0.25) is 15.9 Å². The van der Waals surface area contributed by atoms with E-state index in [1.165, 1.54) is 25.1 Å². The summed E-state index contributed by atoms with van der Waals surface area (Å²) in [7, 11) is -3.73. The molecule has 0 bridgehead atoms. The Balaban J connectivity index is 2.31. The number of nitrogens with one attached hydrogen (secondary N) is 1. The predicted molar refractivity (Wildman–Crippen MR) is 114 cm³/mol. The zero-order chi connectivity index (χ0) is 21.8. The van der Waals surface area contributed by atoms with Crippen molar-refractivity contribution >= 4 is 44.9 Å². The van der Waals surface area contributed by atoms with E-state index in [1.54, 1.807) is 25.1 Å². The van der Waals surface area contributed by atoms with E-state index in [2.05, 4.69) is 5.32 Å². The van der Waals surface area contributed by atoms with Crippen LogP contribution in [0.3, 0.4) is 0 Å². The van der Waals surface area contributed by atoms with Crippen LogP contribution in [0.5, 0.6) is 0 Å². The van der Waals surface area contributed by atoms with Crippen molar-refractivity contribution in [1.82, 2.24) is 0 Å². The van der Waals surface area contributed by atoms with Crippen molar-refractivity contribution in [3.63, 3.8) is 0 Å². The van der Waals surface area contributed by atoms with E-state index in [0.29, 0.717) is 11.4 Å². The predicted octanol–water partition coefficient (Wildman–Crippen LogP) is 3.62. The fourth-order valence-electron chi connectivity index (χ4n) is 2.79. The minimum atomic E-state index is -3.73. The lowest BCUT2D eigenvalue weighted by molar-refractivity contribution is -0.116. The molecule has 1 atom stereocenters. The van der Waals surface area contributed by atoms with Gasteiger partial charge in [-0.1, -0.05) is 23.7 Å². The second-order valence-corrected chi connectivity index (χ2v) is 8.74. The topological polar surface area (TPSA) is 92.8 Å².